The van der Waals surface area contributed by atoms with E-state index in [0.29, 0.717) is 19.5 Å². The number of nitrogens with one attached hydrogen (secondary N) is 1. The Morgan fingerprint density at radius 3 is 2.56 bits per heavy atom. The van der Waals surface area contributed by atoms with Crippen molar-refractivity contribution < 1.29 is 9.59 Å². The maximum atomic E-state index is 13.8. The van der Waals surface area contributed by atoms with E-state index in [4.69, 9.17) is 4.98 Å². The van der Waals surface area contributed by atoms with Gasteiger partial charge in [-0.1, -0.05) is 67.8 Å². The van der Waals surface area contributed by atoms with Crippen LogP contribution in [0.3, 0.4) is 0 Å². The highest BCUT2D eigenvalue weighted by molar-refractivity contribution is 5.87. The first-order chi connectivity index (χ1) is 16.7. The minimum absolute atomic E-state index is 0.118. The number of carbonyl (C=O) groups excluding carboxylic acids is 2. The van der Waals surface area contributed by atoms with E-state index in [1.807, 2.05) is 54.0 Å². The molecule has 2 amide bonds. The summed E-state index contributed by atoms with van der Waals surface area (Å²) in [5.41, 5.74) is 2.98. The minimum atomic E-state index is -0.118. The monoisotopic (exact) mass is 458 g/mol. The van der Waals surface area contributed by atoms with Gasteiger partial charge < -0.3 is 14.8 Å². The van der Waals surface area contributed by atoms with Crippen LogP contribution in [0.2, 0.25) is 0 Å². The van der Waals surface area contributed by atoms with E-state index in [1.54, 1.807) is 6.08 Å². The Morgan fingerprint density at radius 2 is 1.79 bits per heavy atom. The molecular weight excluding hydrogens is 424 g/mol. The molecule has 6 heteroatoms. The molecular formula is C28H34N4O2. The van der Waals surface area contributed by atoms with Gasteiger partial charge in [0, 0.05) is 25.6 Å². The first-order valence-electron chi connectivity index (χ1n) is 12.3. The summed E-state index contributed by atoms with van der Waals surface area (Å²) < 4.78 is 2.03. The van der Waals surface area contributed by atoms with Crippen LogP contribution in [0.25, 0.3) is 11.0 Å². The number of allylic oxidation sites excluding steroid dienone is 1. The van der Waals surface area contributed by atoms with Crippen molar-refractivity contribution in [2.75, 3.05) is 6.54 Å². The lowest BCUT2D eigenvalue weighted by Crippen LogP contribution is -2.42. The fourth-order valence-corrected chi connectivity index (χ4v) is 4.82. The third kappa shape index (κ3) is 5.93. The molecule has 1 aliphatic carbocycles. The lowest BCUT2D eigenvalue weighted by molar-refractivity contribution is -0.135. The summed E-state index contributed by atoms with van der Waals surface area (Å²) in [6.45, 7) is 3.17. The van der Waals surface area contributed by atoms with Gasteiger partial charge in [-0.2, -0.15) is 0 Å². The second-order valence-electron chi connectivity index (χ2n) is 8.94. The van der Waals surface area contributed by atoms with E-state index in [9.17, 15) is 9.59 Å². The average molecular weight is 459 g/mol. The second kappa shape index (κ2) is 11.6. The number of nitrogens with zero attached hydrogens (tertiary/aromatic N) is 3. The third-order valence-electron chi connectivity index (χ3n) is 6.52. The van der Waals surface area contributed by atoms with Crippen molar-refractivity contribution in [1.82, 2.24) is 19.8 Å². The quantitative estimate of drug-likeness (QED) is 0.475. The van der Waals surface area contributed by atoms with Gasteiger partial charge in [0.05, 0.1) is 11.0 Å². The van der Waals surface area contributed by atoms with Crippen LogP contribution in [-0.4, -0.2) is 38.9 Å². The molecule has 0 saturated heterocycles. The van der Waals surface area contributed by atoms with E-state index in [2.05, 4.69) is 22.3 Å². The predicted molar refractivity (Wildman–Crippen MR) is 135 cm³/mol. The van der Waals surface area contributed by atoms with Crippen LogP contribution < -0.4 is 5.32 Å². The molecule has 1 heterocycles. The molecule has 1 aliphatic rings. The maximum Gasteiger partial charge on any atom is 0.243 e. The molecule has 1 aromatic heterocycles. The van der Waals surface area contributed by atoms with E-state index in [0.717, 1.165) is 35.3 Å². The van der Waals surface area contributed by atoms with Gasteiger partial charge in [0.25, 0.3) is 0 Å². The number of rotatable bonds is 9. The summed E-state index contributed by atoms with van der Waals surface area (Å²) in [6, 6.07) is 18.5. The summed E-state index contributed by atoms with van der Waals surface area (Å²) in [4.78, 5) is 32.5. The molecule has 1 saturated carbocycles. The first-order valence-corrected chi connectivity index (χ1v) is 12.3. The normalized spacial score (nSPS) is 14.5. The van der Waals surface area contributed by atoms with E-state index in [1.165, 1.54) is 25.3 Å². The highest BCUT2D eigenvalue weighted by Crippen LogP contribution is 2.25. The molecule has 1 fully saturated rings. The number of hydrogen-bond donors (Lipinski definition) is 1. The zero-order valence-electron chi connectivity index (χ0n) is 20.0. The Kier molecular flexibility index (Phi) is 8.12. The second-order valence-corrected chi connectivity index (χ2v) is 8.94. The summed E-state index contributed by atoms with van der Waals surface area (Å²) in [5.74, 6) is 0.823. The number of para-hydroxylation sites is 2. The van der Waals surface area contributed by atoms with Crippen LogP contribution in [0.1, 0.15) is 50.4 Å². The maximum absolute atomic E-state index is 13.8. The van der Waals surface area contributed by atoms with Gasteiger partial charge in [0.2, 0.25) is 11.8 Å². The number of aromatic nitrogens is 2. The van der Waals surface area contributed by atoms with Gasteiger partial charge >= 0.3 is 0 Å². The van der Waals surface area contributed by atoms with Crippen LogP contribution >= 0.6 is 0 Å². The van der Waals surface area contributed by atoms with E-state index in [-0.39, 0.29) is 24.4 Å². The molecule has 1 N–H and O–H groups in total. The highest BCUT2D eigenvalue weighted by atomic mass is 16.2. The molecule has 0 radical (unpaired) electrons. The SMILES string of the molecule is C/C=C/C(=O)NCCc1nc2ccccc2n1CC(=O)N(Cc1ccccc1)C1CCCCC1. The van der Waals surface area contributed by atoms with Crippen molar-refractivity contribution in [3.8, 4) is 0 Å². The topological polar surface area (TPSA) is 67.2 Å². The lowest BCUT2D eigenvalue weighted by atomic mass is 9.93. The summed E-state index contributed by atoms with van der Waals surface area (Å²) in [6.07, 6.45) is 9.52. The number of benzene rings is 2. The third-order valence-corrected chi connectivity index (χ3v) is 6.52. The van der Waals surface area contributed by atoms with E-state index < -0.39 is 0 Å². The van der Waals surface area contributed by atoms with Gasteiger partial charge in [-0.15, -0.1) is 0 Å². The summed E-state index contributed by atoms with van der Waals surface area (Å²) >= 11 is 0. The van der Waals surface area contributed by atoms with Crippen molar-refractivity contribution in [2.45, 2.75) is 64.6 Å². The van der Waals surface area contributed by atoms with Crippen molar-refractivity contribution in [1.29, 1.82) is 0 Å². The Balaban J connectivity index is 1.56. The molecule has 4 rings (SSSR count). The highest BCUT2D eigenvalue weighted by Gasteiger charge is 2.26. The Hall–Kier alpha value is -3.41. The van der Waals surface area contributed by atoms with Crippen LogP contribution in [0.5, 0.6) is 0 Å². The van der Waals surface area contributed by atoms with E-state index >= 15 is 0 Å². The molecule has 0 spiro atoms. The molecule has 0 atom stereocenters. The molecule has 0 aliphatic heterocycles. The number of amides is 2. The largest absolute Gasteiger partial charge is 0.352 e. The molecule has 2 aromatic carbocycles. The van der Waals surface area contributed by atoms with Crippen LogP contribution in [0.15, 0.2) is 66.7 Å². The van der Waals surface area contributed by atoms with Gasteiger partial charge in [0.15, 0.2) is 0 Å². The Labute approximate surface area is 201 Å². The lowest BCUT2D eigenvalue weighted by Gasteiger charge is -2.35. The average Bonchev–Trinajstić information content (AvgIpc) is 3.21. The molecule has 178 valence electrons. The molecule has 6 nitrogen and oxygen atoms in total. The molecule has 34 heavy (non-hydrogen) atoms. The fraction of sp³-hybridized carbons (Fsp3) is 0.393. The number of hydrogen-bond acceptors (Lipinski definition) is 3. The van der Waals surface area contributed by atoms with Crippen molar-refractivity contribution in [3.63, 3.8) is 0 Å². The van der Waals surface area contributed by atoms with Crippen LogP contribution in [-0.2, 0) is 29.1 Å². The first kappa shape index (κ1) is 23.7. The summed E-state index contributed by atoms with van der Waals surface area (Å²) in [5, 5.41) is 2.89. The van der Waals surface area contributed by atoms with Crippen molar-refractivity contribution >= 4 is 22.8 Å². The van der Waals surface area contributed by atoms with Gasteiger partial charge in [0.1, 0.15) is 12.4 Å². The zero-order valence-corrected chi connectivity index (χ0v) is 20.0. The fourth-order valence-electron chi connectivity index (χ4n) is 4.82. The van der Waals surface area contributed by atoms with Gasteiger partial charge in [-0.05, 0) is 43.5 Å². The molecule has 3 aromatic rings. The number of carbonyl (C=O) groups is 2. The van der Waals surface area contributed by atoms with Gasteiger partial charge in [-0.25, -0.2) is 4.98 Å². The molecule has 0 unspecified atom stereocenters. The van der Waals surface area contributed by atoms with Crippen LogP contribution in [0, 0.1) is 0 Å². The van der Waals surface area contributed by atoms with Crippen molar-refractivity contribution in [2.24, 2.45) is 0 Å². The standard InChI is InChI=1S/C28H34N4O2/c1-2-11-27(33)29-19-18-26-30-24-16-9-10-17-25(24)32(26)21-28(34)31(23-14-7-4-8-15-23)20-22-12-5-3-6-13-22/h2-3,5-6,9-13,16-17,23H,4,7-8,14-15,18-21H2,1H3,(H,29,33)/b11-2+. The number of fused-ring (bicyclic) bond motifs is 1. The van der Waals surface area contributed by atoms with Crippen molar-refractivity contribution in [3.05, 3.63) is 78.1 Å². The smallest absolute Gasteiger partial charge is 0.243 e. The minimum Gasteiger partial charge on any atom is -0.352 e. The number of imidazole rings is 1. The Morgan fingerprint density at radius 1 is 1.06 bits per heavy atom. The van der Waals surface area contributed by atoms with Crippen LogP contribution in [0.4, 0.5) is 0 Å². The summed E-state index contributed by atoms with van der Waals surface area (Å²) in [7, 11) is 0. The van der Waals surface area contributed by atoms with Gasteiger partial charge in [-0.3, -0.25) is 9.59 Å². The zero-order chi connectivity index (χ0) is 23.8. The Bertz CT molecular complexity index is 1130. The molecule has 0 bridgehead atoms. The predicted octanol–water partition coefficient (Wildman–Crippen LogP) is 4.63.